The molecule has 1 aliphatic rings. The number of likely N-dealkylation sites (N-methyl/N-ethyl adjacent to an activating group) is 1. The van der Waals surface area contributed by atoms with Crippen LogP contribution in [0, 0.1) is 0 Å². The topological polar surface area (TPSA) is 15.3 Å². The van der Waals surface area contributed by atoms with Gasteiger partial charge in [0.05, 0.1) is 0 Å². The van der Waals surface area contributed by atoms with E-state index in [9.17, 15) is 13.2 Å². The van der Waals surface area contributed by atoms with Gasteiger partial charge in [-0.25, -0.2) is 0 Å². The van der Waals surface area contributed by atoms with Gasteiger partial charge < -0.3 is 10.2 Å². The highest BCUT2D eigenvalue weighted by molar-refractivity contribution is 5.17. The molecule has 1 rings (SSSR count). The van der Waals surface area contributed by atoms with Gasteiger partial charge in [0.25, 0.3) is 0 Å². The maximum atomic E-state index is 12.7. The van der Waals surface area contributed by atoms with Gasteiger partial charge in [-0.1, -0.05) is 6.08 Å². The normalized spacial score (nSPS) is 26.4. The molecule has 0 saturated heterocycles. The minimum atomic E-state index is -4.19. The molecule has 2 atom stereocenters. The third kappa shape index (κ3) is 4.28. The minimum Gasteiger partial charge on any atom is -0.307 e. The lowest BCUT2D eigenvalue weighted by Gasteiger charge is -2.40. The van der Waals surface area contributed by atoms with Gasteiger partial charge in [-0.3, -0.25) is 0 Å². The van der Waals surface area contributed by atoms with Crippen LogP contribution in [0.3, 0.4) is 0 Å². The molecule has 0 spiro atoms. The summed E-state index contributed by atoms with van der Waals surface area (Å²) in [5.41, 5.74) is -0.490. The van der Waals surface area contributed by atoms with Crippen molar-refractivity contribution < 1.29 is 13.2 Å². The van der Waals surface area contributed by atoms with E-state index in [-0.39, 0.29) is 24.0 Å². The minimum absolute atomic E-state index is 0.0598. The van der Waals surface area contributed by atoms with Crippen LogP contribution in [0.1, 0.15) is 33.6 Å². The van der Waals surface area contributed by atoms with Gasteiger partial charge in [-0.2, -0.15) is 13.2 Å². The molecule has 0 aromatic rings. The van der Waals surface area contributed by atoms with Gasteiger partial charge in [-0.05, 0) is 47.7 Å². The second-order valence-corrected chi connectivity index (χ2v) is 6.20. The average Bonchev–Trinajstić information content (AvgIpc) is 2.13. The van der Waals surface area contributed by atoms with Crippen molar-refractivity contribution in [3.63, 3.8) is 0 Å². The summed E-state index contributed by atoms with van der Waals surface area (Å²) in [6.07, 6.45) is -2.37. The molecule has 2 nitrogen and oxygen atoms in total. The van der Waals surface area contributed by atoms with Crippen molar-refractivity contribution in [3.8, 4) is 0 Å². The molecule has 106 valence electrons. The van der Waals surface area contributed by atoms with Crippen LogP contribution >= 0.6 is 0 Å². The Hall–Kier alpha value is -0.550. The quantitative estimate of drug-likeness (QED) is 0.771. The monoisotopic (exact) mass is 264 g/mol. The SMILES string of the molecule is CN(C)[C@H]1CC(C(F)(F)F)=CC[C@@H]1NC(C)(C)C. The Bertz CT molecular complexity index is 313. The summed E-state index contributed by atoms with van der Waals surface area (Å²) < 4.78 is 38.2. The number of rotatable bonds is 2. The fraction of sp³-hybridized carbons (Fsp3) is 0.846. The number of nitrogens with zero attached hydrogens (tertiary/aromatic N) is 1. The number of hydrogen-bond donors (Lipinski definition) is 1. The zero-order chi connectivity index (χ0) is 14.1. The lowest BCUT2D eigenvalue weighted by molar-refractivity contribution is -0.0975. The van der Waals surface area contributed by atoms with Crippen LogP contribution in [0.5, 0.6) is 0 Å². The molecule has 0 saturated carbocycles. The Morgan fingerprint density at radius 1 is 1.22 bits per heavy atom. The molecule has 0 aromatic carbocycles. The maximum absolute atomic E-state index is 12.7. The highest BCUT2D eigenvalue weighted by atomic mass is 19.4. The van der Waals surface area contributed by atoms with Gasteiger partial charge in [0.2, 0.25) is 0 Å². The molecule has 5 heteroatoms. The molecule has 0 aliphatic heterocycles. The summed E-state index contributed by atoms with van der Waals surface area (Å²) >= 11 is 0. The van der Waals surface area contributed by atoms with E-state index in [2.05, 4.69) is 5.32 Å². The summed E-state index contributed by atoms with van der Waals surface area (Å²) in [5, 5.41) is 3.41. The van der Waals surface area contributed by atoms with E-state index in [4.69, 9.17) is 0 Å². The standard InChI is InChI=1S/C13H23F3N2/c1-12(2,3)17-10-7-6-9(13(14,15)16)8-11(10)18(4)5/h6,10-11,17H,7-8H2,1-5H3/t10-,11-/m0/s1. The van der Waals surface area contributed by atoms with E-state index in [0.717, 1.165) is 0 Å². The molecule has 0 amide bonds. The van der Waals surface area contributed by atoms with Crippen LogP contribution in [0.25, 0.3) is 0 Å². The van der Waals surface area contributed by atoms with Crippen LogP contribution in [0.2, 0.25) is 0 Å². The predicted molar refractivity (Wildman–Crippen MR) is 67.5 cm³/mol. The molecule has 0 aromatic heterocycles. The lowest BCUT2D eigenvalue weighted by atomic mass is 9.87. The molecule has 18 heavy (non-hydrogen) atoms. The van der Waals surface area contributed by atoms with Crippen molar-refractivity contribution >= 4 is 0 Å². The highest BCUT2D eigenvalue weighted by Gasteiger charge is 2.40. The van der Waals surface area contributed by atoms with Gasteiger partial charge in [0.1, 0.15) is 0 Å². The Balaban J connectivity index is 2.85. The van der Waals surface area contributed by atoms with Crippen molar-refractivity contribution in [2.75, 3.05) is 14.1 Å². The summed E-state index contributed by atoms with van der Waals surface area (Å²) in [7, 11) is 3.67. The van der Waals surface area contributed by atoms with E-state index < -0.39 is 11.7 Å². The fourth-order valence-electron chi connectivity index (χ4n) is 2.36. The summed E-state index contributed by atoms with van der Waals surface area (Å²) in [6, 6.07) is -0.0584. The summed E-state index contributed by atoms with van der Waals surface area (Å²) in [4.78, 5) is 1.88. The molecule has 0 unspecified atom stereocenters. The van der Waals surface area contributed by atoms with E-state index in [0.29, 0.717) is 6.42 Å². The Labute approximate surface area is 107 Å². The van der Waals surface area contributed by atoms with Crippen molar-refractivity contribution in [1.29, 1.82) is 0 Å². The molecule has 0 heterocycles. The van der Waals surface area contributed by atoms with Crippen LogP contribution in [-0.4, -0.2) is 42.8 Å². The van der Waals surface area contributed by atoms with Crippen molar-refractivity contribution in [2.24, 2.45) is 0 Å². The largest absolute Gasteiger partial charge is 0.412 e. The molecule has 0 bridgehead atoms. The van der Waals surface area contributed by atoms with Gasteiger partial charge in [-0.15, -0.1) is 0 Å². The highest BCUT2D eigenvalue weighted by Crippen LogP contribution is 2.34. The van der Waals surface area contributed by atoms with E-state index in [1.807, 2.05) is 39.8 Å². The smallest absolute Gasteiger partial charge is 0.307 e. The van der Waals surface area contributed by atoms with Gasteiger partial charge >= 0.3 is 6.18 Å². The molecular weight excluding hydrogens is 241 g/mol. The van der Waals surface area contributed by atoms with Crippen LogP contribution in [-0.2, 0) is 0 Å². The van der Waals surface area contributed by atoms with E-state index in [1.165, 1.54) is 6.08 Å². The maximum Gasteiger partial charge on any atom is 0.412 e. The average molecular weight is 264 g/mol. The first-order valence-electron chi connectivity index (χ1n) is 6.21. The van der Waals surface area contributed by atoms with Gasteiger partial charge in [0.15, 0.2) is 0 Å². The number of alkyl halides is 3. The Morgan fingerprint density at radius 2 is 1.78 bits per heavy atom. The second kappa shape index (κ2) is 5.21. The molecule has 1 N–H and O–H groups in total. The van der Waals surface area contributed by atoms with Crippen LogP contribution in [0.15, 0.2) is 11.6 Å². The van der Waals surface area contributed by atoms with Crippen molar-refractivity contribution in [3.05, 3.63) is 11.6 Å². The number of halogens is 3. The molecule has 0 radical (unpaired) electrons. The van der Waals surface area contributed by atoms with Crippen molar-refractivity contribution in [1.82, 2.24) is 10.2 Å². The zero-order valence-electron chi connectivity index (χ0n) is 11.7. The third-order valence-corrected chi connectivity index (χ3v) is 3.16. The first-order chi connectivity index (χ1) is 8.00. The van der Waals surface area contributed by atoms with Crippen LogP contribution < -0.4 is 5.32 Å². The first kappa shape index (κ1) is 15.5. The fourth-order valence-corrected chi connectivity index (χ4v) is 2.36. The third-order valence-electron chi connectivity index (χ3n) is 3.16. The van der Waals surface area contributed by atoms with Gasteiger partial charge in [0, 0.05) is 23.2 Å². The predicted octanol–water partition coefficient (Wildman–Crippen LogP) is 2.96. The summed E-state index contributed by atoms with van der Waals surface area (Å²) in [6.45, 7) is 6.09. The Kier molecular flexibility index (Phi) is 4.49. The molecule has 0 fully saturated rings. The zero-order valence-corrected chi connectivity index (χ0v) is 11.7. The summed E-state index contributed by atoms with van der Waals surface area (Å²) in [5.74, 6) is 0. The molecular formula is C13H23F3N2. The number of hydrogen-bond acceptors (Lipinski definition) is 2. The van der Waals surface area contributed by atoms with E-state index in [1.54, 1.807) is 0 Å². The molecule has 1 aliphatic carbocycles. The number of nitrogens with one attached hydrogen (secondary N) is 1. The first-order valence-corrected chi connectivity index (χ1v) is 6.21. The lowest BCUT2D eigenvalue weighted by Crippen LogP contribution is -2.55. The van der Waals surface area contributed by atoms with E-state index >= 15 is 0 Å². The second-order valence-electron chi connectivity index (χ2n) is 6.20. The Morgan fingerprint density at radius 3 is 2.17 bits per heavy atom. The van der Waals surface area contributed by atoms with Crippen LogP contribution in [0.4, 0.5) is 13.2 Å². The van der Waals surface area contributed by atoms with Crippen molar-refractivity contribution in [2.45, 2.75) is 57.4 Å².